The van der Waals surface area contributed by atoms with Gasteiger partial charge in [-0.15, -0.1) is 0 Å². The van der Waals surface area contributed by atoms with E-state index in [1.807, 2.05) is 38.4 Å². The van der Waals surface area contributed by atoms with Crippen molar-refractivity contribution >= 4 is 28.2 Å². The highest BCUT2D eigenvalue weighted by Gasteiger charge is 2.17. The third-order valence-electron chi connectivity index (χ3n) is 5.35. The molecule has 0 aliphatic carbocycles. The summed E-state index contributed by atoms with van der Waals surface area (Å²) in [6.45, 7) is 0. The molecule has 0 radical (unpaired) electrons. The number of benzene rings is 3. The van der Waals surface area contributed by atoms with Gasteiger partial charge in [0.2, 0.25) is 0 Å². The second kappa shape index (κ2) is 7.95. The second-order valence-electron chi connectivity index (χ2n) is 7.60. The summed E-state index contributed by atoms with van der Waals surface area (Å²) in [6, 6.07) is 29.0. The summed E-state index contributed by atoms with van der Waals surface area (Å²) in [5.41, 5.74) is 6.29. The standard InChI is InChI=1S/C26H23N5/c1-30(2)21-15-13-20(14-16-21)29-25-24-23(19-9-5-3-6-10-19)17-31(26(24)28-18-27-25)22-11-7-4-8-12-22/h3-18H,1-2H3,(H,27,28,29). The zero-order valence-corrected chi connectivity index (χ0v) is 17.5. The fourth-order valence-corrected chi connectivity index (χ4v) is 3.76. The SMILES string of the molecule is CN(C)c1ccc(Nc2ncnc3c2c(-c2ccccc2)cn3-c2ccccc2)cc1. The molecule has 0 aliphatic heterocycles. The number of aromatic nitrogens is 3. The van der Waals surface area contributed by atoms with Crippen LogP contribution in [0.25, 0.3) is 27.8 Å². The summed E-state index contributed by atoms with van der Waals surface area (Å²) in [4.78, 5) is 11.3. The van der Waals surface area contributed by atoms with Crippen LogP contribution in [0.5, 0.6) is 0 Å². The molecule has 0 saturated carbocycles. The van der Waals surface area contributed by atoms with E-state index in [9.17, 15) is 0 Å². The van der Waals surface area contributed by atoms with E-state index in [1.165, 1.54) is 0 Å². The highest BCUT2D eigenvalue weighted by atomic mass is 15.1. The van der Waals surface area contributed by atoms with E-state index < -0.39 is 0 Å². The molecule has 0 atom stereocenters. The number of rotatable bonds is 5. The van der Waals surface area contributed by atoms with Gasteiger partial charge in [0, 0.05) is 42.9 Å². The Morgan fingerprint density at radius 3 is 2.13 bits per heavy atom. The Balaban J connectivity index is 1.68. The van der Waals surface area contributed by atoms with Gasteiger partial charge in [0.25, 0.3) is 0 Å². The molecule has 0 aliphatic rings. The van der Waals surface area contributed by atoms with Gasteiger partial charge in [0.15, 0.2) is 5.65 Å². The highest BCUT2D eigenvalue weighted by Crippen LogP contribution is 2.36. The van der Waals surface area contributed by atoms with Crippen molar-refractivity contribution in [1.82, 2.24) is 14.5 Å². The molecule has 3 aromatic carbocycles. The van der Waals surface area contributed by atoms with E-state index in [1.54, 1.807) is 6.33 Å². The van der Waals surface area contributed by atoms with Gasteiger partial charge >= 0.3 is 0 Å². The topological polar surface area (TPSA) is 46.0 Å². The maximum atomic E-state index is 4.65. The zero-order chi connectivity index (χ0) is 21.2. The zero-order valence-electron chi connectivity index (χ0n) is 17.5. The van der Waals surface area contributed by atoms with E-state index in [0.29, 0.717) is 0 Å². The monoisotopic (exact) mass is 405 g/mol. The first-order valence-corrected chi connectivity index (χ1v) is 10.2. The Morgan fingerprint density at radius 2 is 1.45 bits per heavy atom. The first-order chi connectivity index (χ1) is 15.2. The molecule has 0 saturated heterocycles. The fraction of sp³-hybridized carbons (Fsp3) is 0.0769. The molecule has 2 heterocycles. The third kappa shape index (κ3) is 3.62. The van der Waals surface area contributed by atoms with E-state index >= 15 is 0 Å². The van der Waals surface area contributed by atoms with Gasteiger partial charge in [-0.25, -0.2) is 9.97 Å². The summed E-state index contributed by atoms with van der Waals surface area (Å²) >= 11 is 0. The third-order valence-corrected chi connectivity index (χ3v) is 5.35. The molecule has 5 rings (SSSR count). The summed E-state index contributed by atoms with van der Waals surface area (Å²) in [7, 11) is 4.07. The number of nitrogens with one attached hydrogen (secondary N) is 1. The van der Waals surface area contributed by atoms with Crippen LogP contribution >= 0.6 is 0 Å². The minimum atomic E-state index is 0.788. The average Bonchev–Trinajstić information content (AvgIpc) is 3.21. The molecule has 5 aromatic rings. The van der Waals surface area contributed by atoms with Crippen LogP contribution in [0.2, 0.25) is 0 Å². The molecule has 0 amide bonds. The van der Waals surface area contributed by atoms with Crippen molar-refractivity contribution in [2.24, 2.45) is 0 Å². The van der Waals surface area contributed by atoms with Crippen LogP contribution in [0.3, 0.4) is 0 Å². The molecule has 0 spiro atoms. The van der Waals surface area contributed by atoms with Gasteiger partial charge in [0.05, 0.1) is 5.39 Å². The lowest BCUT2D eigenvalue weighted by atomic mass is 10.1. The molecular weight excluding hydrogens is 382 g/mol. The molecule has 1 N–H and O–H groups in total. The summed E-state index contributed by atoms with van der Waals surface area (Å²) in [5.74, 6) is 0.788. The molecule has 152 valence electrons. The van der Waals surface area contributed by atoms with Crippen molar-refractivity contribution in [2.45, 2.75) is 0 Å². The van der Waals surface area contributed by atoms with Gasteiger partial charge in [0.1, 0.15) is 12.1 Å². The van der Waals surface area contributed by atoms with E-state index in [-0.39, 0.29) is 0 Å². The van der Waals surface area contributed by atoms with E-state index in [2.05, 4.69) is 91.6 Å². The van der Waals surface area contributed by atoms with Crippen LogP contribution in [0.4, 0.5) is 17.2 Å². The molecule has 5 heteroatoms. The summed E-state index contributed by atoms with van der Waals surface area (Å²) in [5, 5.41) is 4.50. The molecule has 0 bridgehead atoms. The normalized spacial score (nSPS) is 10.9. The summed E-state index contributed by atoms with van der Waals surface area (Å²) < 4.78 is 2.12. The van der Waals surface area contributed by atoms with Gasteiger partial charge in [-0.3, -0.25) is 0 Å². The lowest BCUT2D eigenvalue weighted by Crippen LogP contribution is -2.08. The van der Waals surface area contributed by atoms with Gasteiger partial charge < -0.3 is 14.8 Å². The highest BCUT2D eigenvalue weighted by molar-refractivity contribution is 6.03. The van der Waals surface area contributed by atoms with Crippen molar-refractivity contribution in [1.29, 1.82) is 0 Å². The fourth-order valence-electron chi connectivity index (χ4n) is 3.76. The minimum Gasteiger partial charge on any atom is -0.378 e. The molecule has 5 nitrogen and oxygen atoms in total. The minimum absolute atomic E-state index is 0.788. The number of para-hydroxylation sites is 1. The number of anilines is 3. The van der Waals surface area contributed by atoms with Crippen molar-refractivity contribution < 1.29 is 0 Å². The van der Waals surface area contributed by atoms with Crippen molar-refractivity contribution in [3.8, 4) is 16.8 Å². The van der Waals surface area contributed by atoms with Gasteiger partial charge in [-0.05, 0) is 42.0 Å². The predicted molar refractivity (Wildman–Crippen MR) is 128 cm³/mol. The Bertz CT molecular complexity index is 1310. The van der Waals surface area contributed by atoms with Crippen LogP contribution in [-0.4, -0.2) is 28.6 Å². The predicted octanol–water partition coefficient (Wildman–Crippen LogP) is 5.90. The Kier molecular flexibility index (Phi) is 4.84. The van der Waals surface area contributed by atoms with Gasteiger partial charge in [-0.2, -0.15) is 0 Å². The van der Waals surface area contributed by atoms with Crippen molar-refractivity contribution in [2.75, 3.05) is 24.3 Å². The Hall–Kier alpha value is -4.12. The first kappa shape index (κ1) is 18.9. The summed E-state index contributed by atoms with van der Waals surface area (Å²) in [6.07, 6.45) is 3.76. The van der Waals surface area contributed by atoms with Gasteiger partial charge in [-0.1, -0.05) is 48.5 Å². The van der Waals surface area contributed by atoms with Crippen LogP contribution in [0.1, 0.15) is 0 Å². The molecular formula is C26H23N5. The van der Waals surface area contributed by atoms with Crippen LogP contribution in [0, 0.1) is 0 Å². The smallest absolute Gasteiger partial charge is 0.150 e. The van der Waals surface area contributed by atoms with Crippen LogP contribution in [-0.2, 0) is 0 Å². The number of nitrogens with zero attached hydrogens (tertiary/aromatic N) is 4. The Labute approximate surface area is 181 Å². The van der Waals surface area contributed by atoms with Crippen LogP contribution < -0.4 is 10.2 Å². The molecule has 0 unspecified atom stereocenters. The van der Waals surface area contributed by atoms with Crippen molar-refractivity contribution in [3.63, 3.8) is 0 Å². The average molecular weight is 406 g/mol. The maximum absolute atomic E-state index is 4.65. The maximum Gasteiger partial charge on any atom is 0.150 e. The van der Waals surface area contributed by atoms with E-state index in [0.717, 1.165) is 45.0 Å². The van der Waals surface area contributed by atoms with Crippen LogP contribution in [0.15, 0.2) is 97.5 Å². The van der Waals surface area contributed by atoms with Crippen molar-refractivity contribution in [3.05, 3.63) is 97.5 Å². The molecule has 0 fully saturated rings. The largest absolute Gasteiger partial charge is 0.378 e. The molecule has 2 aromatic heterocycles. The quantitative estimate of drug-likeness (QED) is 0.396. The lowest BCUT2D eigenvalue weighted by Gasteiger charge is -2.13. The number of fused-ring (bicyclic) bond motifs is 1. The first-order valence-electron chi connectivity index (χ1n) is 10.2. The lowest BCUT2D eigenvalue weighted by molar-refractivity contribution is 1.08. The van der Waals surface area contributed by atoms with E-state index in [4.69, 9.17) is 0 Å². The number of hydrogen-bond donors (Lipinski definition) is 1. The molecule has 31 heavy (non-hydrogen) atoms. The Morgan fingerprint density at radius 1 is 0.774 bits per heavy atom. The number of hydrogen-bond acceptors (Lipinski definition) is 4. The second-order valence-corrected chi connectivity index (χ2v) is 7.60.